The van der Waals surface area contributed by atoms with Crippen molar-refractivity contribution < 1.29 is 0 Å². The van der Waals surface area contributed by atoms with Gasteiger partial charge in [-0.05, 0) is 61.7 Å². The molecule has 0 saturated heterocycles. The second-order valence-electron chi connectivity index (χ2n) is 5.26. The fourth-order valence-electron chi connectivity index (χ4n) is 2.91. The van der Waals surface area contributed by atoms with Crippen LogP contribution in [0.3, 0.4) is 0 Å². The van der Waals surface area contributed by atoms with Crippen molar-refractivity contribution in [3.05, 3.63) is 76.3 Å². The Morgan fingerprint density at radius 3 is 2.40 bits per heavy atom. The van der Waals surface area contributed by atoms with Crippen LogP contribution in [-0.2, 0) is 0 Å². The first-order chi connectivity index (χ1) is 9.66. The smallest absolute Gasteiger partial charge is 0.0729 e. The minimum atomic E-state index is 1.02. The molecule has 0 fully saturated rings. The van der Waals surface area contributed by atoms with Gasteiger partial charge in [-0.2, -0.15) is 0 Å². The first-order valence-corrected chi connectivity index (χ1v) is 6.84. The van der Waals surface area contributed by atoms with Crippen LogP contribution < -0.4 is 0 Å². The number of benzene rings is 1. The molecule has 2 nitrogen and oxygen atoms in total. The van der Waals surface area contributed by atoms with Gasteiger partial charge < -0.3 is 4.98 Å². The second-order valence-corrected chi connectivity index (χ2v) is 5.26. The molecule has 1 aromatic heterocycles. The zero-order valence-corrected chi connectivity index (χ0v) is 12.1. The molecule has 0 bridgehead atoms. The number of aromatic amines is 1. The third-order valence-corrected chi connectivity index (χ3v) is 3.60. The number of nitrogens with one attached hydrogen (secondary N) is 1. The van der Waals surface area contributed by atoms with Crippen LogP contribution in [0.2, 0.25) is 0 Å². The van der Waals surface area contributed by atoms with E-state index in [1.165, 1.54) is 27.8 Å². The van der Waals surface area contributed by atoms with Gasteiger partial charge in [-0.3, -0.25) is 4.99 Å². The van der Waals surface area contributed by atoms with E-state index in [1.54, 1.807) is 0 Å². The van der Waals surface area contributed by atoms with Crippen LogP contribution in [0.25, 0.3) is 5.57 Å². The van der Waals surface area contributed by atoms with Gasteiger partial charge in [0.2, 0.25) is 0 Å². The SMILES string of the molecule is Cc1cc(C)c(C(=C2C=CC=N2)c2ccc[nH]2)c(C)c1. The fraction of sp³-hybridized carbons (Fsp3) is 0.167. The molecule has 0 amide bonds. The second kappa shape index (κ2) is 4.97. The number of allylic oxidation sites excluding steroid dienone is 2. The Morgan fingerprint density at radius 1 is 1.10 bits per heavy atom. The molecule has 0 spiro atoms. The number of hydrogen-bond acceptors (Lipinski definition) is 1. The van der Waals surface area contributed by atoms with Gasteiger partial charge in [0.15, 0.2) is 0 Å². The molecular formula is C18H18N2. The summed E-state index contributed by atoms with van der Waals surface area (Å²) in [5.74, 6) is 0. The van der Waals surface area contributed by atoms with Crippen molar-refractivity contribution in [1.29, 1.82) is 0 Å². The van der Waals surface area contributed by atoms with E-state index in [2.05, 4.69) is 55.0 Å². The summed E-state index contributed by atoms with van der Waals surface area (Å²) in [6.07, 6.45) is 7.85. The normalized spacial score (nSPS) is 15.9. The highest BCUT2D eigenvalue weighted by atomic mass is 14.8. The predicted octanol–water partition coefficient (Wildman–Crippen LogP) is 4.34. The molecule has 0 radical (unpaired) electrons. The van der Waals surface area contributed by atoms with Crippen LogP contribution in [0, 0.1) is 20.8 Å². The molecule has 2 heterocycles. The standard InChI is InChI=1S/C18H18N2/c1-12-10-13(2)17(14(3)11-12)18(15-6-4-8-19-15)16-7-5-9-20-16/h4-11,19H,1-3H3. The zero-order chi connectivity index (χ0) is 14.1. The van der Waals surface area contributed by atoms with E-state index in [-0.39, 0.29) is 0 Å². The van der Waals surface area contributed by atoms with E-state index in [0.717, 1.165) is 11.4 Å². The lowest BCUT2D eigenvalue weighted by Gasteiger charge is -2.15. The first-order valence-electron chi connectivity index (χ1n) is 6.84. The Morgan fingerprint density at radius 2 is 1.85 bits per heavy atom. The summed E-state index contributed by atoms with van der Waals surface area (Å²) < 4.78 is 0. The Hall–Kier alpha value is -2.35. The lowest BCUT2D eigenvalue weighted by Crippen LogP contribution is -1.99. The molecule has 0 saturated carbocycles. The van der Waals surface area contributed by atoms with Crippen molar-refractivity contribution in [2.45, 2.75) is 20.8 Å². The van der Waals surface area contributed by atoms with Gasteiger partial charge >= 0.3 is 0 Å². The van der Waals surface area contributed by atoms with Crippen molar-refractivity contribution >= 4 is 11.8 Å². The topological polar surface area (TPSA) is 28.1 Å². The summed E-state index contributed by atoms with van der Waals surface area (Å²) >= 11 is 0. The number of aryl methyl sites for hydroxylation is 3. The quantitative estimate of drug-likeness (QED) is 0.834. The van der Waals surface area contributed by atoms with Crippen molar-refractivity contribution in [3.63, 3.8) is 0 Å². The summed E-state index contributed by atoms with van der Waals surface area (Å²) in [5, 5.41) is 0. The van der Waals surface area contributed by atoms with Gasteiger partial charge in [-0.15, -0.1) is 0 Å². The number of nitrogens with zero attached hydrogens (tertiary/aromatic N) is 1. The van der Waals surface area contributed by atoms with E-state index in [9.17, 15) is 0 Å². The minimum Gasteiger partial charge on any atom is -0.361 e. The third kappa shape index (κ3) is 2.14. The van der Waals surface area contributed by atoms with Gasteiger partial charge in [0.25, 0.3) is 0 Å². The van der Waals surface area contributed by atoms with Crippen LogP contribution in [-0.4, -0.2) is 11.2 Å². The number of hydrogen-bond donors (Lipinski definition) is 1. The molecule has 1 aromatic carbocycles. The molecule has 3 rings (SSSR count). The molecule has 2 heteroatoms. The molecule has 0 atom stereocenters. The van der Waals surface area contributed by atoms with Crippen LogP contribution in [0.4, 0.5) is 0 Å². The van der Waals surface area contributed by atoms with Crippen LogP contribution >= 0.6 is 0 Å². The number of aromatic nitrogens is 1. The Bertz CT molecular complexity index is 692. The molecule has 20 heavy (non-hydrogen) atoms. The highest BCUT2D eigenvalue weighted by Crippen LogP contribution is 2.33. The Balaban J connectivity index is 2.30. The van der Waals surface area contributed by atoms with Crippen molar-refractivity contribution in [3.8, 4) is 0 Å². The van der Waals surface area contributed by atoms with Crippen molar-refractivity contribution in [1.82, 2.24) is 4.98 Å². The lowest BCUT2D eigenvalue weighted by atomic mass is 9.91. The summed E-state index contributed by atoms with van der Waals surface area (Å²) in [6.45, 7) is 6.47. The maximum atomic E-state index is 4.50. The number of rotatable bonds is 2. The average Bonchev–Trinajstić information content (AvgIpc) is 3.07. The van der Waals surface area contributed by atoms with Crippen LogP contribution in [0.5, 0.6) is 0 Å². The summed E-state index contributed by atoms with van der Waals surface area (Å²) in [6, 6.07) is 8.59. The largest absolute Gasteiger partial charge is 0.361 e. The molecule has 0 aliphatic carbocycles. The summed E-state index contributed by atoms with van der Waals surface area (Å²) in [7, 11) is 0. The maximum absolute atomic E-state index is 4.50. The first kappa shape index (κ1) is 12.7. The number of H-pyrrole nitrogens is 1. The lowest BCUT2D eigenvalue weighted by molar-refractivity contribution is 1.25. The molecule has 100 valence electrons. The van der Waals surface area contributed by atoms with E-state index in [0.29, 0.717) is 0 Å². The minimum absolute atomic E-state index is 1.02. The van der Waals surface area contributed by atoms with Crippen molar-refractivity contribution in [2.24, 2.45) is 4.99 Å². The van der Waals surface area contributed by atoms with E-state index >= 15 is 0 Å². The van der Waals surface area contributed by atoms with Crippen molar-refractivity contribution in [2.75, 3.05) is 0 Å². The van der Waals surface area contributed by atoms with Crippen LogP contribution in [0.15, 0.2) is 53.3 Å². The maximum Gasteiger partial charge on any atom is 0.0729 e. The van der Waals surface area contributed by atoms with Gasteiger partial charge in [-0.25, -0.2) is 0 Å². The van der Waals surface area contributed by atoms with Gasteiger partial charge in [0.05, 0.1) is 5.70 Å². The highest BCUT2D eigenvalue weighted by Gasteiger charge is 2.16. The van der Waals surface area contributed by atoms with Crippen LogP contribution in [0.1, 0.15) is 27.9 Å². The fourth-order valence-corrected chi connectivity index (χ4v) is 2.91. The summed E-state index contributed by atoms with van der Waals surface area (Å²) in [4.78, 5) is 7.81. The molecule has 2 aromatic rings. The summed E-state index contributed by atoms with van der Waals surface area (Å²) in [5.41, 5.74) is 8.45. The molecule has 1 aliphatic heterocycles. The molecule has 0 unspecified atom stereocenters. The predicted molar refractivity (Wildman–Crippen MR) is 85.1 cm³/mol. The van der Waals surface area contributed by atoms with E-state index < -0.39 is 0 Å². The van der Waals surface area contributed by atoms with E-state index in [4.69, 9.17) is 0 Å². The molecule has 1 N–H and O–H groups in total. The highest BCUT2D eigenvalue weighted by molar-refractivity contribution is 5.89. The number of aliphatic imine (C=N–C) groups is 1. The Labute approximate surface area is 119 Å². The molecular weight excluding hydrogens is 244 g/mol. The van der Waals surface area contributed by atoms with Gasteiger partial charge in [0, 0.05) is 23.7 Å². The molecule has 1 aliphatic rings. The monoisotopic (exact) mass is 262 g/mol. The Kier molecular flexibility index (Phi) is 3.15. The van der Waals surface area contributed by atoms with Gasteiger partial charge in [0.1, 0.15) is 0 Å². The van der Waals surface area contributed by atoms with E-state index in [1.807, 2.05) is 24.6 Å². The average molecular weight is 262 g/mol. The van der Waals surface area contributed by atoms with Gasteiger partial charge in [-0.1, -0.05) is 17.7 Å². The zero-order valence-electron chi connectivity index (χ0n) is 12.1. The third-order valence-electron chi connectivity index (χ3n) is 3.60.